The van der Waals surface area contributed by atoms with E-state index < -0.39 is 17.7 Å². The third kappa shape index (κ3) is 5.94. The molecule has 0 aliphatic carbocycles. The minimum absolute atomic E-state index is 0.0793. The van der Waals surface area contributed by atoms with Crippen molar-refractivity contribution in [1.82, 2.24) is 15.2 Å². The number of ether oxygens (including phenoxy) is 1. The van der Waals surface area contributed by atoms with Crippen LogP contribution in [0.25, 0.3) is 0 Å². The van der Waals surface area contributed by atoms with Gasteiger partial charge in [0.15, 0.2) is 17.4 Å². The first-order valence-corrected chi connectivity index (χ1v) is 11.3. The predicted octanol–water partition coefficient (Wildman–Crippen LogP) is 4.50. The SMILES string of the molecule is O=C(N[C@@H](c1ccc(F)cc1)c1ccccn1)C1CCN(CCOc2c(F)cccc2F)CC1. The highest BCUT2D eigenvalue weighted by atomic mass is 19.1. The van der Waals surface area contributed by atoms with Crippen LogP contribution < -0.4 is 10.1 Å². The smallest absolute Gasteiger partial charge is 0.224 e. The molecule has 0 saturated carbocycles. The van der Waals surface area contributed by atoms with Gasteiger partial charge in [0, 0.05) is 18.7 Å². The summed E-state index contributed by atoms with van der Waals surface area (Å²) in [5.74, 6) is -2.41. The summed E-state index contributed by atoms with van der Waals surface area (Å²) in [7, 11) is 0. The van der Waals surface area contributed by atoms with Gasteiger partial charge in [0.1, 0.15) is 12.4 Å². The minimum atomic E-state index is -0.723. The number of rotatable bonds is 8. The second-order valence-corrected chi connectivity index (χ2v) is 8.26. The lowest BCUT2D eigenvalue weighted by molar-refractivity contribution is -0.127. The fourth-order valence-corrected chi connectivity index (χ4v) is 4.11. The molecule has 0 spiro atoms. The highest BCUT2D eigenvalue weighted by Crippen LogP contribution is 2.24. The summed E-state index contributed by atoms with van der Waals surface area (Å²) in [5, 5.41) is 3.08. The second kappa shape index (κ2) is 11.2. The molecule has 4 rings (SSSR count). The summed E-state index contributed by atoms with van der Waals surface area (Å²) in [6.45, 7) is 2.01. The van der Waals surface area contributed by atoms with Gasteiger partial charge in [0.2, 0.25) is 5.91 Å². The van der Waals surface area contributed by atoms with E-state index in [2.05, 4.69) is 15.2 Å². The molecule has 34 heavy (non-hydrogen) atoms. The number of hydrogen-bond acceptors (Lipinski definition) is 4. The van der Waals surface area contributed by atoms with Crippen molar-refractivity contribution < 1.29 is 22.7 Å². The summed E-state index contributed by atoms with van der Waals surface area (Å²) in [4.78, 5) is 19.5. The van der Waals surface area contributed by atoms with Gasteiger partial charge in [0.05, 0.1) is 11.7 Å². The Morgan fingerprint density at radius 1 is 1.00 bits per heavy atom. The predicted molar refractivity (Wildman–Crippen MR) is 122 cm³/mol. The first kappa shape index (κ1) is 23.8. The number of likely N-dealkylation sites (tertiary alicyclic amines) is 1. The van der Waals surface area contributed by atoms with Gasteiger partial charge in [-0.3, -0.25) is 14.7 Å². The van der Waals surface area contributed by atoms with Crippen LogP contribution in [0.15, 0.2) is 66.9 Å². The van der Waals surface area contributed by atoms with Crippen molar-refractivity contribution in [2.75, 3.05) is 26.2 Å². The number of para-hydroxylation sites is 1. The zero-order valence-electron chi connectivity index (χ0n) is 18.6. The molecular weight excluding hydrogens is 443 g/mol. The number of nitrogens with one attached hydrogen (secondary N) is 1. The van der Waals surface area contributed by atoms with Crippen LogP contribution in [0.4, 0.5) is 13.2 Å². The highest BCUT2D eigenvalue weighted by Gasteiger charge is 2.28. The highest BCUT2D eigenvalue weighted by molar-refractivity contribution is 5.79. The number of carbonyl (C=O) groups excluding carboxylic acids is 1. The van der Waals surface area contributed by atoms with Crippen molar-refractivity contribution in [2.24, 2.45) is 5.92 Å². The molecule has 2 aromatic carbocycles. The Balaban J connectivity index is 1.31. The zero-order valence-corrected chi connectivity index (χ0v) is 18.6. The molecule has 8 heteroatoms. The van der Waals surface area contributed by atoms with Crippen molar-refractivity contribution in [2.45, 2.75) is 18.9 Å². The van der Waals surface area contributed by atoms with E-state index in [0.29, 0.717) is 38.2 Å². The van der Waals surface area contributed by atoms with Gasteiger partial charge in [0.25, 0.3) is 0 Å². The van der Waals surface area contributed by atoms with Crippen LogP contribution in [0.2, 0.25) is 0 Å². The van der Waals surface area contributed by atoms with Crippen molar-refractivity contribution in [3.8, 4) is 5.75 Å². The molecule has 1 saturated heterocycles. The Hall–Kier alpha value is -3.39. The Kier molecular flexibility index (Phi) is 7.80. The van der Waals surface area contributed by atoms with E-state index in [1.54, 1.807) is 24.4 Å². The molecule has 1 aliphatic heterocycles. The van der Waals surface area contributed by atoms with Crippen LogP contribution in [0.1, 0.15) is 30.1 Å². The molecular formula is C26H26F3N3O2. The molecule has 1 N–H and O–H groups in total. The third-order valence-electron chi connectivity index (χ3n) is 6.00. The first-order chi connectivity index (χ1) is 16.5. The second-order valence-electron chi connectivity index (χ2n) is 8.26. The molecule has 3 aromatic rings. The lowest BCUT2D eigenvalue weighted by Crippen LogP contribution is -2.43. The van der Waals surface area contributed by atoms with Crippen LogP contribution >= 0.6 is 0 Å². The number of pyridine rings is 1. The van der Waals surface area contributed by atoms with E-state index in [1.807, 2.05) is 12.1 Å². The van der Waals surface area contributed by atoms with E-state index in [9.17, 15) is 18.0 Å². The molecule has 1 fully saturated rings. The fraction of sp³-hybridized carbons (Fsp3) is 0.308. The minimum Gasteiger partial charge on any atom is -0.486 e. The molecule has 2 heterocycles. The number of hydrogen-bond donors (Lipinski definition) is 1. The summed E-state index contributed by atoms with van der Waals surface area (Å²) in [6, 6.07) is 14.6. The van der Waals surface area contributed by atoms with Gasteiger partial charge in [-0.1, -0.05) is 24.3 Å². The van der Waals surface area contributed by atoms with Crippen molar-refractivity contribution in [3.63, 3.8) is 0 Å². The van der Waals surface area contributed by atoms with Gasteiger partial charge in [-0.15, -0.1) is 0 Å². The van der Waals surface area contributed by atoms with Crippen LogP contribution in [0.5, 0.6) is 5.75 Å². The maximum absolute atomic E-state index is 13.7. The summed E-state index contributed by atoms with van der Waals surface area (Å²) in [5.41, 5.74) is 1.43. The zero-order chi connectivity index (χ0) is 23.9. The largest absolute Gasteiger partial charge is 0.486 e. The molecule has 1 atom stereocenters. The van der Waals surface area contributed by atoms with Crippen LogP contribution in [-0.4, -0.2) is 42.0 Å². The molecule has 178 valence electrons. The van der Waals surface area contributed by atoms with Crippen molar-refractivity contribution in [3.05, 3.63) is 95.6 Å². The fourth-order valence-electron chi connectivity index (χ4n) is 4.11. The topological polar surface area (TPSA) is 54.5 Å². The van der Waals surface area contributed by atoms with Crippen molar-refractivity contribution >= 4 is 5.91 Å². The number of amides is 1. The Labute approximate surface area is 196 Å². The average molecular weight is 470 g/mol. The van der Waals surface area contributed by atoms with Gasteiger partial charge in [-0.05, 0) is 67.9 Å². The van der Waals surface area contributed by atoms with Gasteiger partial charge in [-0.25, -0.2) is 13.2 Å². The van der Waals surface area contributed by atoms with Gasteiger partial charge >= 0.3 is 0 Å². The number of piperidine rings is 1. The molecule has 0 bridgehead atoms. The van der Waals surface area contributed by atoms with Crippen molar-refractivity contribution in [1.29, 1.82) is 0 Å². The lowest BCUT2D eigenvalue weighted by Gasteiger charge is -2.32. The molecule has 5 nitrogen and oxygen atoms in total. The summed E-state index contributed by atoms with van der Waals surface area (Å²) in [6.07, 6.45) is 2.96. The number of benzene rings is 2. The quantitative estimate of drug-likeness (QED) is 0.528. The van der Waals surface area contributed by atoms with E-state index in [1.165, 1.54) is 18.2 Å². The maximum atomic E-state index is 13.7. The van der Waals surface area contributed by atoms with E-state index in [-0.39, 0.29) is 30.0 Å². The van der Waals surface area contributed by atoms with Crippen LogP contribution in [0, 0.1) is 23.4 Å². The molecule has 1 amide bonds. The molecule has 0 unspecified atom stereocenters. The Morgan fingerprint density at radius 2 is 1.71 bits per heavy atom. The number of carbonyl (C=O) groups is 1. The monoisotopic (exact) mass is 469 g/mol. The summed E-state index contributed by atoms with van der Waals surface area (Å²) >= 11 is 0. The van der Waals surface area contributed by atoms with Gasteiger partial charge < -0.3 is 10.1 Å². The molecule has 1 aromatic heterocycles. The molecule has 1 aliphatic rings. The normalized spacial score (nSPS) is 15.6. The van der Waals surface area contributed by atoms with E-state index >= 15 is 0 Å². The maximum Gasteiger partial charge on any atom is 0.224 e. The van der Waals surface area contributed by atoms with Crippen LogP contribution in [-0.2, 0) is 4.79 Å². The number of nitrogens with zero attached hydrogens (tertiary/aromatic N) is 2. The molecule has 0 radical (unpaired) electrons. The van der Waals surface area contributed by atoms with E-state index in [0.717, 1.165) is 17.7 Å². The summed E-state index contributed by atoms with van der Waals surface area (Å²) < 4.78 is 46.1. The van der Waals surface area contributed by atoms with E-state index in [4.69, 9.17) is 4.74 Å². The Morgan fingerprint density at radius 3 is 2.35 bits per heavy atom. The van der Waals surface area contributed by atoms with Gasteiger partial charge in [-0.2, -0.15) is 0 Å². The third-order valence-corrected chi connectivity index (χ3v) is 6.00. The Bertz CT molecular complexity index is 1070. The number of halogens is 3. The first-order valence-electron chi connectivity index (χ1n) is 11.3. The van der Waals surface area contributed by atoms with Crippen LogP contribution in [0.3, 0.4) is 0 Å². The lowest BCUT2D eigenvalue weighted by atomic mass is 9.94. The average Bonchev–Trinajstić information content (AvgIpc) is 2.86. The number of aromatic nitrogens is 1. The standard InChI is InChI=1S/C26H26F3N3O2/c27-20-9-7-18(8-10-20)24(23-6-1-2-13-30-23)31-26(33)19-11-14-32(15-12-19)16-17-34-25-21(28)4-3-5-22(25)29/h1-10,13,19,24H,11-12,14-17H2,(H,31,33)/t24-/m0/s1.